The van der Waals surface area contributed by atoms with Gasteiger partial charge in [-0.25, -0.2) is 4.79 Å². The lowest BCUT2D eigenvalue weighted by Crippen LogP contribution is -2.40. The number of carbonyl (C=O) groups is 1. The molecule has 0 aliphatic heterocycles. The maximum atomic E-state index is 11.2. The number of aliphatic hydroxyl groups is 1. The van der Waals surface area contributed by atoms with Gasteiger partial charge in [0, 0.05) is 0 Å². The first-order chi connectivity index (χ1) is 16.3. The van der Waals surface area contributed by atoms with E-state index in [2.05, 4.69) is 26.5 Å². The number of carboxylic acid groups (broad SMARTS) is 1. The maximum absolute atomic E-state index is 11.2. The fourth-order valence-electron chi connectivity index (χ4n) is 4.19. The van der Waals surface area contributed by atoms with Crippen LogP contribution in [0, 0.1) is 5.92 Å². The van der Waals surface area contributed by atoms with E-state index >= 15 is 0 Å². The Morgan fingerprint density at radius 2 is 1.29 bits per heavy atom. The molecule has 0 saturated carbocycles. The van der Waals surface area contributed by atoms with E-state index in [-0.39, 0.29) is 0 Å². The van der Waals surface area contributed by atoms with E-state index < -0.39 is 31.7 Å². The third kappa shape index (κ3) is 17.3. The molecule has 0 radical (unpaired) electrons. The Balaban J connectivity index is 4.47. The van der Waals surface area contributed by atoms with Crippen LogP contribution in [0.15, 0.2) is 0 Å². The number of ether oxygens (including phenoxy) is 2. The van der Waals surface area contributed by atoms with Gasteiger partial charge < -0.3 is 14.9 Å². The third-order valence-electron chi connectivity index (χ3n) is 6.34. The van der Waals surface area contributed by atoms with Gasteiger partial charge in [0.05, 0.1) is 0 Å². The summed E-state index contributed by atoms with van der Waals surface area (Å²) in [5.74, 6) is -1.20. The van der Waals surface area contributed by atoms with Crippen molar-refractivity contribution in [3.63, 3.8) is 0 Å². The highest BCUT2D eigenvalue weighted by Crippen LogP contribution is 2.29. The van der Waals surface area contributed by atoms with Crippen LogP contribution >= 0.6 is 21.1 Å². The second-order valence-corrected chi connectivity index (χ2v) is 11.0. The topological polar surface area (TPSA) is 93.1 Å². The Bertz CT molecular complexity index is 510. The van der Waals surface area contributed by atoms with Gasteiger partial charge in [-0.15, -0.1) is 12.6 Å². The molecule has 0 aromatic heterocycles. The van der Waals surface area contributed by atoms with Gasteiger partial charge in [-0.05, 0) is 18.8 Å². The first kappa shape index (κ1) is 33.8. The molecule has 5 unspecified atom stereocenters. The van der Waals surface area contributed by atoms with Crippen LogP contribution in [0.5, 0.6) is 0 Å². The lowest BCUT2D eigenvalue weighted by atomic mass is 9.91. The fraction of sp³-hybridized carbons (Fsp3) is 0.962. The van der Waals surface area contributed by atoms with Gasteiger partial charge in [-0.3, -0.25) is 4.74 Å². The Labute approximate surface area is 215 Å². The fourth-order valence-corrected chi connectivity index (χ4v) is 4.89. The zero-order valence-electron chi connectivity index (χ0n) is 21.9. The molecule has 8 heteroatoms. The van der Waals surface area contributed by atoms with Crippen LogP contribution in [0.1, 0.15) is 136 Å². The van der Waals surface area contributed by atoms with Crippen LogP contribution in [-0.4, -0.2) is 33.4 Å². The van der Waals surface area contributed by atoms with Crippen molar-refractivity contribution in [1.29, 1.82) is 0 Å². The smallest absolute Gasteiger partial charge is 0.472 e. The molecule has 34 heavy (non-hydrogen) atoms. The summed E-state index contributed by atoms with van der Waals surface area (Å²) in [7, 11) is -1.55. The second kappa shape index (κ2) is 22.0. The number of hydrogen-bond acceptors (Lipinski definition) is 6. The normalized spacial score (nSPS) is 16.3. The minimum Gasteiger partial charge on any atom is -0.474 e. The Kier molecular flexibility index (Phi) is 21.9. The van der Waals surface area contributed by atoms with Crippen molar-refractivity contribution in [2.45, 2.75) is 154 Å². The van der Waals surface area contributed by atoms with E-state index in [4.69, 9.17) is 14.6 Å². The Morgan fingerprint density at radius 1 is 0.853 bits per heavy atom. The lowest BCUT2D eigenvalue weighted by Gasteiger charge is -2.26. The van der Waals surface area contributed by atoms with Crippen molar-refractivity contribution in [1.82, 2.24) is 0 Å². The predicted molar refractivity (Wildman–Crippen MR) is 144 cm³/mol. The van der Waals surface area contributed by atoms with E-state index in [1.807, 2.05) is 0 Å². The molecule has 0 aliphatic rings. The van der Waals surface area contributed by atoms with E-state index in [0.717, 1.165) is 19.3 Å². The van der Waals surface area contributed by atoms with Crippen molar-refractivity contribution in [3.05, 3.63) is 0 Å². The number of aliphatic carboxylic acids is 1. The molecule has 0 rings (SSSR count). The highest BCUT2D eigenvalue weighted by molar-refractivity contribution is 7.80. The van der Waals surface area contributed by atoms with Crippen molar-refractivity contribution in [2.75, 3.05) is 0 Å². The van der Waals surface area contributed by atoms with Gasteiger partial charge in [0.1, 0.15) is 5.44 Å². The van der Waals surface area contributed by atoms with E-state index in [1.54, 1.807) is 6.92 Å². The molecular formula is C26H52O6PS+. The molecule has 0 saturated heterocycles. The molecule has 0 amide bonds. The Morgan fingerprint density at radius 3 is 1.71 bits per heavy atom. The van der Waals surface area contributed by atoms with Crippen LogP contribution in [0.4, 0.5) is 0 Å². The monoisotopic (exact) mass is 523 g/mol. The van der Waals surface area contributed by atoms with Gasteiger partial charge in [-0.1, -0.05) is 128 Å². The van der Waals surface area contributed by atoms with Gasteiger partial charge in [0.2, 0.25) is 0 Å². The van der Waals surface area contributed by atoms with Crippen molar-refractivity contribution in [3.8, 4) is 0 Å². The summed E-state index contributed by atoms with van der Waals surface area (Å²) in [6.45, 7) is 6.22. The standard InChI is InChI=1S/C26H51O6PS/c1-4-7-9-11-12-13-14-15-16-18-20-22(19-17-10-8-5-2)21-24(34)31-23(6-3)32-26(29,33-30)25(27)28/h22-24,29,34H,4-21H2,1-3H3,(H,27,28)/p+1. The summed E-state index contributed by atoms with van der Waals surface area (Å²) in [6.07, 6.45) is 20.5. The minimum atomic E-state index is -2.75. The highest BCUT2D eigenvalue weighted by Gasteiger charge is 2.50. The largest absolute Gasteiger partial charge is 0.474 e. The summed E-state index contributed by atoms with van der Waals surface area (Å²) in [5, 5.41) is 19.0. The quantitative estimate of drug-likeness (QED) is 0.0485. The molecule has 0 bridgehead atoms. The van der Waals surface area contributed by atoms with E-state index in [1.165, 1.54) is 89.9 Å². The number of thiol groups is 1. The van der Waals surface area contributed by atoms with Gasteiger partial charge in [0.15, 0.2) is 6.29 Å². The average Bonchev–Trinajstić information content (AvgIpc) is 2.81. The molecule has 0 aliphatic carbocycles. The second-order valence-electron chi connectivity index (χ2n) is 9.52. The van der Waals surface area contributed by atoms with Crippen LogP contribution in [0.2, 0.25) is 0 Å². The first-order valence-electron chi connectivity index (χ1n) is 13.7. The number of carboxylic acids is 1. The summed E-state index contributed by atoms with van der Waals surface area (Å²) in [6, 6.07) is 0. The average molecular weight is 524 g/mol. The SMILES string of the molecule is CCCCCCCCCCCCC(CCCCCC)CC(S)OC(CC)OC(O)([PH+]=O)C(=O)O. The number of hydrogen-bond donors (Lipinski definition) is 3. The zero-order chi connectivity index (χ0) is 25.7. The van der Waals surface area contributed by atoms with Gasteiger partial charge in [-0.2, -0.15) is 0 Å². The highest BCUT2D eigenvalue weighted by atomic mass is 32.1. The summed E-state index contributed by atoms with van der Waals surface area (Å²) in [4.78, 5) is 11.2. The molecule has 0 spiro atoms. The van der Waals surface area contributed by atoms with Crippen LogP contribution in [-0.2, 0) is 18.8 Å². The summed E-state index contributed by atoms with van der Waals surface area (Å²) >= 11 is 4.58. The van der Waals surface area contributed by atoms with Crippen molar-refractivity contribution in [2.24, 2.45) is 5.92 Å². The van der Waals surface area contributed by atoms with Crippen molar-refractivity contribution < 1.29 is 29.0 Å². The van der Waals surface area contributed by atoms with Crippen LogP contribution in [0.3, 0.4) is 0 Å². The summed E-state index contributed by atoms with van der Waals surface area (Å²) in [5.41, 5.74) is -3.18. The zero-order valence-corrected chi connectivity index (χ0v) is 23.8. The maximum Gasteiger partial charge on any atom is 0.472 e. The molecular weight excluding hydrogens is 471 g/mol. The number of unbranched alkanes of at least 4 members (excludes halogenated alkanes) is 12. The van der Waals surface area contributed by atoms with Crippen LogP contribution in [0.25, 0.3) is 0 Å². The van der Waals surface area contributed by atoms with Crippen molar-refractivity contribution >= 4 is 27.1 Å². The predicted octanol–water partition coefficient (Wildman–Crippen LogP) is 8.05. The molecule has 6 nitrogen and oxygen atoms in total. The molecule has 2 N–H and O–H groups in total. The minimum absolute atomic E-state index is 0.316. The van der Waals surface area contributed by atoms with E-state index in [0.29, 0.717) is 12.3 Å². The molecule has 0 aromatic rings. The Hall–Kier alpha value is -0.200. The third-order valence-corrected chi connectivity index (χ3v) is 7.28. The molecule has 0 aromatic carbocycles. The van der Waals surface area contributed by atoms with Gasteiger partial charge >= 0.3 is 20.0 Å². The summed E-state index contributed by atoms with van der Waals surface area (Å²) < 4.78 is 22.1. The van der Waals surface area contributed by atoms with Crippen LogP contribution < -0.4 is 0 Å². The molecule has 0 fully saturated rings. The molecule has 202 valence electrons. The molecule has 5 atom stereocenters. The van der Waals surface area contributed by atoms with E-state index in [9.17, 15) is 14.5 Å². The lowest BCUT2D eigenvalue weighted by molar-refractivity contribution is -0.256. The molecule has 0 heterocycles. The number of rotatable bonds is 25. The first-order valence-corrected chi connectivity index (χ1v) is 15.1. The van der Waals surface area contributed by atoms with Gasteiger partial charge in [0.25, 0.3) is 0 Å².